The minimum atomic E-state index is -0.0958. The van der Waals surface area contributed by atoms with Crippen LogP contribution in [-0.2, 0) is 11.2 Å². The summed E-state index contributed by atoms with van der Waals surface area (Å²) < 4.78 is 0.892. The van der Waals surface area contributed by atoms with Crippen LogP contribution < -0.4 is 5.32 Å². The molecule has 0 unspecified atom stereocenters. The third-order valence-corrected chi connectivity index (χ3v) is 5.48. The van der Waals surface area contributed by atoms with Crippen molar-refractivity contribution in [2.24, 2.45) is 0 Å². The fourth-order valence-corrected chi connectivity index (χ4v) is 4.30. The van der Waals surface area contributed by atoms with Crippen molar-refractivity contribution < 1.29 is 4.79 Å². The number of nitrogens with one attached hydrogen (secondary N) is 1. The number of anilines is 1. The van der Waals surface area contributed by atoms with Gasteiger partial charge in [0.1, 0.15) is 0 Å². The Balaban J connectivity index is 1.73. The number of carbonyl (C=O) groups is 1. The normalized spacial score (nSPS) is 16.6. The summed E-state index contributed by atoms with van der Waals surface area (Å²) in [5.74, 6) is -0.00178. The standard InChI is InChI=1S/C16H13BrClNOS/c1-9-2-3-10-7-15(21-14(10)6-9)16(20)19-13-5-4-11(17)8-12(13)18/h2-6,8,15H,7H2,1H3,(H,19,20)/t15-/m1/s1. The number of amides is 1. The summed E-state index contributed by atoms with van der Waals surface area (Å²) in [7, 11) is 0. The molecule has 0 saturated heterocycles. The second-order valence-electron chi connectivity index (χ2n) is 5.04. The van der Waals surface area contributed by atoms with Gasteiger partial charge in [0.2, 0.25) is 5.91 Å². The van der Waals surface area contributed by atoms with Crippen LogP contribution in [0.5, 0.6) is 0 Å². The maximum Gasteiger partial charge on any atom is 0.238 e. The number of rotatable bonds is 2. The lowest BCUT2D eigenvalue weighted by molar-refractivity contribution is -0.115. The molecule has 1 heterocycles. The van der Waals surface area contributed by atoms with E-state index in [0.717, 1.165) is 10.9 Å². The van der Waals surface area contributed by atoms with Gasteiger partial charge in [0.05, 0.1) is 16.0 Å². The predicted octanol–water partition coefficient (Wildman–Crippen LogP) is 5.07. The van der Waals surface area contributed by atoms with Crippen molar-refractivity contribution in [3.8, 4) is 0 Å². The summed E-state index contributed by atoms with van der Waals surface area (Å²) in [5.41, 5.74) is 3.11. The van der Waals surface area contributed by atoms with Gasteiger partial charge in [-0.25, -0.2) is 0 Å². The molecule has 0 saturated carbocycles. The van der Waals surface area contributed by atoms with Crippen LogP contribution in [-0.4, -0.2) is 11.2 Å². The Morgan fingerprint density at radius 3 is 2.90 bits per heavy atom. The quantitative estimate of drug-likeness (QED) is 0.786. The van der Waals surface area contributed by atoms with Crippen LogP contribution in [0.3, 0.4) is 0 Å². The number of benzene rings is 2. The Morgan fingerprint density at radius 1 is 1.33 bits per heavy atom. The van der Waals surface area contributed by atoms with Gasteiger partial charge in [-0.15, -0.1) is 11.8 Å². The van der Waals surface area contributed by atoms with Crippen LogP contribution >= 0.6 is 39.3 Å². The lowest BCUT2D eigenvalue weighted by Gasteiger charge is -2.11. The van der Waals surface area contributed by atoms with E-state index in [9.17, 15) is 4.79 Å². The molecule has 0 spiro atoms. The van der Waals surface area contributed by atoms with E-state index in [-0.39, 0.29) is 11.2 Å². The minimum Gasteiger partial charge on any atom is -0.324 e. The molecule has 0 fully saturated rings. The molecule has 1 N–H and O–H groups in total. The van der Waals surface area contributed by atoms with Gasteiger partial charge in [-0.3, -0.25) is 4.79 Å². The van der Waals surface area contributed by atoms with E-state index in [1.54, 1.807) is 23.9 Å². The molecule has 2 aromatic carbocycles. The second kappa shape index (κ2) is 6.03. The van der Waals surface area contributed by atoms with Gasteiger partial charge < -0.3 is 5.32 Å². The number of carbonyl (C=O) groups excluding carboxylic acids is 1. The Morgan fingerprint density at radius 2 is 2.14 bits per heavy atom. The molecule has 3 rings (SSSR count). The summed E-state index contributed by atoms with van der Waals surface area (Å²) >= 11 is 11.1. The molecule has 0 aliphatic carbocycles. The molecule has 1 aliphatic heterocycles. The highest BCUT2D eigenvalue weighted by Crippen LogP contribution is 2.38. The minimum absolute atomic E-state index is 0.00178. The average Bonchev–Trinajstić information content (AvgIpc) is 2.85. The van der Waals surface area contributed by atoms with Gasteiger partial charge in [0, 0.05) is 9.37 Å². The van der Waals surface area contributed by atoms with E-state index >= 15 is 0 Å². The first-order chi connectivity index (χ1) is 10.0. The summed E-state index contributed by atoms with van der Waals surface area (Å²) in [5, 5.41) is 3.36. The fourth-order valence-electron chi connectivity index (χ4n) is 2.29. The van der Waals surface area contributed by atoms with E-state index in [0.29, 0.717) is 10.7 Å². The predicted molar refractivity (Wildman–Crippen MR) is 92.3 cm³/mol. The molecule has 0 bridgehead atoms. The van der Waals surface area contributed by atoms with Gasteiger partial charge in [0.25, 0.3) is 0 Å². The highest BCUT2D eigenvalue weighted by atomic mass is 79.9. The molecule has 1 aliphatic rings. The monoisotopic (exact) mass is 381 g/mol. The molecular formula is C16H13BrClNOS. The zero-order valence-corrected chi connectivity index (χ0v) is 14.5. The van der Waals surface area contributed by atoms with Crippen molar-refractivity contribution >= 4 is 50.9 Å². The first-order valence-electron chi connectivity index (χ1n) is 6.55. The molecule has 5 heteroatoms. The molecule has 2 aromatic rings. The van der Waals surface area contributed by atoms with E-state index < -0.39 is 0 Å². The zero-order chi connectivity index (χ0) is 15.0. The SMILES string of the molecule is Cc1ccc2c(c1)S[C@@H](C(=O)Nc1ccc(Br)cc1Cl)C2. The largest absolute Gasteiger partial charge is 0.324 e. The van der Waals surface area contributed by atoms with Gasteiger partial charge in [-0.05, 0) is 43.2 Å². The van der Waals surface area contributed by atoms with Crippen molar-refractivity contribution in [3.63, 3.8) is 0 Å². The summed E-state index contributed by atoms with van der Waals surface area (Å²) in [6, 6.07) is 11.8. The number of aryl methyl sites for hydroxylation is 1. The van der Waals surface area contributed by atoms with E-state index in [1.165, 1.54) is 16.0 Å². The number of halogens is 2. The number of thioether (sulfide) groups is 1. The van der Waals surface area contributed by atoms with Crippen LogP contribution in [0, 0.1) is 6.92 Å². The van der Waals surface area contributed by atoms with Crippen LogP contribution in [0.1, 0.15) is 11.1 Å². The summed E-state index contributed by atoms with van der Waals surface area (Å²) in [6.45, 7) is 2.07. The highest BCUT2D eigenvalue weighted by Gasteiger charge is 2.28. The number of hydrogen-bond donors (Lipinski definition) is 1. The van der Waals surface area contributed by atoms with Crippen molar-refractivity contribution in [2.45, 2.75) is 23.5 Å². The van der Waals surface area contributed by atoms with Gasteiger partial charge >= 0.3 is 0 Å². The molecule has 108 valence electrons. The average molecular weight is 383 g/mol. The molecule has 2 nitrogen and oxygen atoms in total. The lowest BCUT2D eigenvalue weighted by atomic mass is 10.1. The summed E-state index contributed by atoms with van der Waals surface area (Å²) in [6.07, 6.45) is 0.764. The van der Waals surface area contributed by atoms with Crippen LogP contribution in [0.15, 0.2) is 45.8 Å². The molecule has 0 radical (unpaired) electrons. The molecule has 0 aromatic heterocycles. The Labute approximate surface area is 141 Å². The first-order valence-corrected chi connectivity index (χ1v) is 8.60. The maximum atomic E-state index is 12.4. The molecular weight excluding hydrogens is 370 g/mol. The van der Waals surface area contributed by atoms with Crippen molar-refractivity contribution in [1.82, 2.24) is 0 Å². The summed E-state index contributed by atoms with van der Waals surface area (Å²) in [4.78, 5) is 13.6. The van der Waals surface area contributed by atoms with E-state index in [2.05, 4.69) is 46.4 Å². The van der Waals surface area contributed by atoms with Crippen molar-refractivity contribution in [3.05, 3.63) is 57.0 Å². The zero-order valence-electron chi connectivity index (χ0n) is 11.3. The smallest absolute Gasteiger partial charge is 0.238 e. The van der Waals surface area contributed by atoms with Crippen LogP contribution in [0.4, 0.5) is 5.69 Å². The topological polar surface area (TPSA) is 29.1 Å². The third-order valence-electron chi connectivity index (χ3n) is 3.38. The third kappa shape index (κ3) is 3.28. The number of hydrogen-bond acceptors (Lipinski definition) is 2. The second-order valence-corrected chi connectivity index (χ2v) is 7.60. The lowest BCUT2D eigenvalue weighted by Crippen LogP contribution is -2.24. The van der Waals surface area contributed by atoms with Crippen molar-refractivity contribution in [1.29, 1.82) is 0 Å². The molecule has 21 heavy (non-hydrogen) atoms. The Hall–Kier alpha value is -0.970. The highest BCUT2D eigenvalue weighted by molar-refractivity contribution is 9.10. The van der Waals surface area contributed by atoms with Crippen molar-refractivity contribution in [2.75, 3.05) is 5.32 Å². The molecule has 1 amide bonds. The number of fused-ring (bicyclic) bond motifs is 1. The van der Waals surface area contributed by atoms with Gasteiger partial charge in [-0.2, -0.15) is 0 Å². The Kier molecular flexibility index (Phi) is 4.29. The maximum absolute atomic E-state index is 12.4. The van der Waals surface area contributed by atoms with E-state index in [1.807, 2.05) is 6.07 Å². The first kappa shape index (κ1) is 14.9. The van der Waals surface area contributed by atoms with Gasteiger partial charge in [-0.1, -0.05) is 45.2 Å². The van der Waals surface area contributed by atoms with E-state index in [4.69, 9.17) is 11.6 Å². The van der Waals surface area contributed by atoms with Crippen LogP contribution in [0.25, 0.3) is 0 Å². The van der Waals surface area contributed by atoms with Gasteiger partial charge in [0.15, 0.2) is 0 Å². The van der Waals surface area contributed by atoms with Crippen LogP contribution in [0.2, 0.25) is 5.02 Å². The fraction of sp³-hybridized carbons (Fsp3) is 0.188. The molecule has 1 atom stereocenters. The Bertz CT molecular complexity index is 719.